The number of H-pyrrole nitrogens is 1. The summed E-state index contributed by atoms with van der Waals surface area (Å²) in [6, 6.07) is 3.96. The zero-order valence-electron chi connectivity index (χ0n) is 15.7. The van der Waals surface area contributed by atoms with Crippen LogP contribution in [-0.2, 0) is 18.9 Å². The molecule has 0 aromatic carbocycles. The minimum Gasteiger partial charge on any atom is -0.369 e. The van der Waals surface area contributed by atoms with Crippen molar-refractivity contribution in [2.24, 2.45) is 7.05 Å². The van der Waals surface area contributed by atoms with Crippen LogP contribution < -0.4 is 16.2 Å². The molecule has 0 bridgehead atoms. The monoisotopic (exact) mass is 378 g/mol. The first-order chi connectivity index (χ1) is 13.6. The summed E-state index contributed by atoms with van der Waals surface area (Å²) < 4.78 is 1.92. The Labute approximate surface area is 161 Å². The van der Waals surface area contributed by atoms with E-state index in [-0.39, 0.29) is 16.9 Å². The Kier molecular flexibility index (Phi) is 3.71. The number of rotatable bonds is 2. The lowest BCUT2D eigenvalue weighted by Crippen LogP contribution is -2.42. The van der Waals surface area contributed by atoms with E-state index in [9.17, 15) is 4.79 Å². The van der Waals surface area contributed by atoms with Crippen LogP contribution in [0.5, 0.6) is 0 Å². The van der Waals surface area contributed by atoms with E-state index in [1.807, 2.05) is 29.9 Å². The highest BCUT2D eigenvalue weighted by Gasteiger charge is 2.44. The van der Waals surface area contributed by atoms with Crippen LogP contribution >= 0.6 is 0 Å². The Bertz CT molecular complexity index is 1080. The van der Waals surface area contributed by atoms with Gasteiger partial charge in [0.1, 0.15) is 5.69 Å². The van der Waals surface area contributed by atoms with Crippen molar-refractivity contribution >= 4 is 11.8 Å². The van der Waals surface area contributed by atoms with Crippen molar-refractivity contribution in [2.75, 3.05) is 23.7 Å². The first-order valence-corrected chi connectivity index (χ1v) is 9.51. The van der Waals surface area contributed by atoms with Gasteiger partial charge in [0.25, 0.3) is 5.56 Å². The minimum absolute atomic E-state index is 0.0471. The van der Waals surface area contributed by atoms with Crippen LogP contribution in [0.2, 0.25) is 0 Å². The third-order valence-electron chi connectivity index (χ3n) is 6.13. The summed E-state index contributed by atoms with van der Waals surface area (Å²) in [5, 5.41) is 8.78. The van der Waals surface area contributed by atoms with Gasteiger partial charge in [0.05, 0.1) is 5.69 Å². The summed E-state index contributed by atoms with van der Waals surface area (Å²) in [6.07, 6.45) is 7.23. The fourth-order valence-electron chi connectivity index (χ4n) is 4.54. The zero-order valence-corrected chi connectivity index (χ0v) is 15.7. The van der Waals surface area contributed by atoms with E-state index in [0.717, 1.165) is 67.4 Å². The van der Waals surface area contributed by atoms with E-state index in [0.29, 0.717) is 0 Å². The topological polar surface area (TPSA) is 119 Å². The average Bonchev–Trinajstić information content (AvgIpc) is 3.27. The van der Waals surface area contributed by atoms with E-state index in [4.69, 9.17) is 5.73 Å². The molecule has 4 heterocycles. The summed E-state index contributed by atoms with van der Waals surface area (Å²) in [5.41, 5.74) is 8.14. The molecule has 1 aliphatic heterocycles. The number of anilines is 2. The molecule has 0 atom stereocenters. The summed E-state index contributed by atoms with van der Waals surface area (Å²) in [6.45, 7) is 1.70. The van der Waals surface area contributed by atoms with Gasteiger partial charge in [0, 0.05) is 43.5 Å². The van der Waals surface area contributed by atoms with E-state index in [1.165, 1.54) is 0 Å². The number of piperidine rings is 1. The highest BCUT2D eigenvalue weighted by atomic mass is 16.1. The molecule has 9 nitrogen and oxygen atoms in total. The highest BCUT2D eigenvalue weighted by Crippen LogP contribution is 2.44. The minimum atomic E-state index is -0.0856. The molecule has 3 aromatic rings. The van der Waals surface area contributed by atoms with Gasteiger partial charge in [-0.25, -0.2) is 9.97 Å². The lowest BCUT2D eigenvalue weighted by Gasteiger charge is -2.39. The Morgan fingerprint density at radius 1 is 1.18 bits per heavy atom. The van der Waals surface area contributed by atoms with Crippen molar-refractivity contribution in [1.82, 2.24) is 29.7 Å². The first-order valence-electron chi connectivity index (χ1n) is 9.51. The zero-order chi connectivity index (χ0) is 19.3. The maximum absolute atomic E-state index is 12.2. The molecule has 0 radical (unpaired) electrons. The molecule has 1 aliphatic carbocycles. The van der Waals surface area contributed by atoms with Gasteiger partial charge >= 0.3 is 0 Å². The summed E-state index contributed by atoms with van der Waals surface area (Å²) in [7, 11) is 1.94. The second-order valence-corrected chi connectivity index (χ2v) is 7.68. The molecule has 5 rings (SSSR count). The molecule has 144 valence electrons. The second kappa shape index (κ2) is 6.15. The van der Waals surface area contributed by atoms with Crippen molar-refractivity contribution in [3.05, 3.63) is 46.1 Å². The van der Waals surface area contributed by atoms with Crippen LogP contribution in [-0.4, -0.2) is 42.8 Å². The van der Waals surface area contributed by atoms with Crippen LogP contribution in [0.4, 0.5) is 11.8 Å². The number of hydrogen-bond donors (Lipinski definition) is 2. The predicted octanol–water partition coefficient (Wildman–Crippen LogP) is 1.03. The van der Waals surface area contributed by atoms with Gasteiger partial charge in [-0.1, -0.05) is 0 Å². The third kappa shape index (κ3) is 2.57. The maximum Gasteiger partial charge on any atom is 0.255 e. The Morgan fingerprint density at radius 3 is 2.68 bits per heavy atom. The van der Waals surface area contributed by atoms with Gasteiger partial charge in [0.2, 0.25) is 5.95 Å². The van der Waals surface area contributed by atoms with Crippen molar-refractivity contribution in [2.45, 2.75) is 31.1 Å². The number of fused-ring (bicyclic) bond motifs is 2. The van der Waals surface area contributed by atoms with E-state index in [2.05, 4.69) is 30.0 Å². The number of nitrogens with two attached hydrogens (primary N) is 1. The Morgan fingerprint density at radius 2 is 2.00 bits per heavy atom. The van der Waals surface area contributed by atoms with Gasteiger partial charge in [-0.3, -0.25) is 9.78 Å². The number of aromatic nitrogens is 6. The first kappa shape index (κ1) is 16.9. The molecule has 0 amide bonds. The SMILES string of the molecule is Cn1ccnc1-c1ccc(N2CCC3(CCc4c3nc(N)[nH]c4=O)CC2)nn1. The van der Waals surface area contributed by atoms with Crippen molar-refractivity contribution in [3.8, 4) is 11.5 Å². The molecule has 3 aromatic heterocycles. The van der Waals surface area contributed by atoms with E-state index in [1.54, 1.807) is 6.20 Å². The largest absolute Gasteiger partial charge is 0.369 e. The standard InChI is InChI=1S/C19H22N8O/c1-26-11-8-21-16(26)13-2-3-14(25-24-13)27-9-6-19(7-10-27)5-4-12-15(19)22-18(20)23-17(12)28/h2-3,8,11H,4-7,9-10H2,1H3,(H3,20,22,23,28). The lowest BCUT2D eigenvalue weighted by atomic mass is 9.76. The molecule has 1 saturated heterocycles. The Balaban J connectivity index is 1.35. The molecule has 0 saturated carbocycles. The van der Waals surface area contributed by atoms with E-state index < -0.39 is 0 Å². The van der Waals surface area contributed by atoms with Gasteiger partial charge in [0.15, 0.2) is 11.6 Å². The molecular formula is C19H22N8O. The van der Waals surface area contributed by atoms with Gasteiger partial charge in [-0.2, -0.15) is 0 Å². The number of imidazole rings is 1. The van der Waals surface area contributed by atoms with Crippen LogP contribution in [0.3, 0.4) is 0 Å². The van der Waals surface area contributed by atoms with E-state index >= 15 is 0 Å². The number of nitrogens with zero attached hydrogens (tertiary/aromatic N) is 6. The number of aryl methyl sites for hydroxylation is 1. The molecule has 0 unspecified atom stereocenters. The molecule has 1 fully saturated rings. The average molecular weight is 378 g/mol. The number of nitrogen functional groups attached to an aromatic ring is 1. The van der Waals surface area contributed by atoms with Gasteiger partial charge in [-0.05, 0) is 37.8 Å². The van der Waals surface area contributed by atoms with Crippen LogP contribution in [0.1, 0.15) is 30.5 Å². The van der Waals surface area contributed by atoms with Gasteiger partial charge in [-0.15, -0.1) is 10.2 Å². The molecule has 1 spiro atoms. The summed E-state index contributed by atoms with van der Waals surface area (Å²) in [5.74, 6) is 1.88. The quantitative estimate of drug-likeness (QED) is 0.683. The molecule has 9 heteroatoms. The highest BCUT2D eigenvalue weighted by molar-refractivity contribution is 5.52. The van der Waals surface area contributed by atoms with Crippen LogP contribution in [0, 0.1) is 0 Å². The van der Waals surface area contributed by atoms with Gasteiger partial charge < -0.3 is 15.2 Å². The van der Waals surface area contributed by atoms with Crippen molar-refractivity contribution in [1.29, 1.82) is 0 Å². The Hall–Kier alpha value is -3.23. The van der Waals surface area contributed by atoms with Crippen molar-refractivity contribution in [3.63, 3.8) is 0 Å². The summed E-state index contributed by atoms with van der Waals surface area (Å²) in [4.78, 5) is 25.9. The second-order valence-electron chi connectivity index (χ2n) is 7.68. The molecule has 3 N–H and O–H groups in total. The van der Waals surface area contributed by atoms with Crippen molar-refractivity contribution < 1.29 is 0 Å². The molecular weight excluding hydrogens is 356 g/mol. The van der Waals surface area contributed by atoms with Crippen LogP contribution in [0.25, 0.3) is 11.5 Å². The lowest BCUT2D eigenvalue weighted by molar-refractivity contribution is 0.322. The predicted molar refractivity (Wildman–Crippen MR) is 105 cm³/mol. The number of nitrogens with one attached hydrogen (secondary N) is 1. The number of hydrogen-bond acceptors (Lipinski definition) is 7. The molecule has 2 aliphatic rings. The summed E-state index contributed by atoms with van der Waals surface area (Å²) >= 11 is 0. The maximum atomic E-state index is 12.2. The fraction of sp³-hybridized carbons (Fsp3) is 0.421. The normalized spacial score (nSPS) is 17.8. The third-order valence-corrected chi connectivity index (χ3v) is 6.13. The molecule has 28 heavy (non-hydrogen) atoms. The van der Waals surface area contributed by atoms with Crippen LogP contribution in [0.15, 0.2) is 29.3 Å². The fourth-order valence-corrected chi connectivity index (χ4v) is 4.54. The number of aromatic amines is 1. The smallest absolute Gasteiger partial charge is 0.255 e.